The molecule has 0 unspecified atom stereocenters. The van der Waals surface area contributed by atoms with Crippen LogP contribution >= 0.6 is 0 Å². The van der Waals surface area contributed by atoms with Gasteiger partial charge in [-0.15, -0.1) is 0 Å². The van der Waals surface area contributed by atoms with Gasteiger partial charge in [0.2, 0.25) is 5.91 Å². The Morgan fingerprint density at radius 3 is 2.33 bits per heavy atom. The van der Waals surface area contributed by atoms with Gasteiger partial charge in [-0.3, -0.25) is 9.69 Å². The molecule has 4 rings (SSSR count). The van der Waals surface area contributed by atoms with Crippen LogP contribution in [0.4, 0.5) is 8.78 Å². The number of nitrogens with zero attached hydrogens (tertiary/aromatic N) is 1. The molecular formula is C22H18F2N2O. The van der Waals surface area contributed by atoms with E-state index in [-0.39, 0.29) is 18.0 Å². The summed E-state index contributed by atoms with van der Waals surface area (Å²) in [6, 6.07) is 21.5. The first-order valence-electron chi connectivity index (χ1n) is 8.73. The van der Waals surface area contributed by atoms with Gasteiger partial charge in [0, 0.05) is 18.2 Å². The van der Waals surface area contributed by atoms with Gasteiger partial charge in [-0.25, -0.2) is 8.78 Å². The van der Waals surface area contributed by atoms with Crippen molar-refractivity contribution in [1.82, 2.24) is 10.2 Å². The van der Waals surface area contributed by atoms with E-state index in [0.29, 0.717) is 6.54 Å². The number of nitrogens with one attached hydrogen (secondary N) is 1. The van der Waals surface area contributed by atoms with Crippen molar-refractivity contribution in [3.8, 4) is 11.1 Å². The molecule has 5 heteroatoms. The van der Waals surface area contributed by atoms with Gasteiger partial charge >= 0.3 is 0 Å². The van der Waals surface area contributed by atoms with Gasteiger partial charge in [0.15, 0.2) is 0 Å². The van der Waals surface area contributed by atoms with E-state index in [9.17, 15) is 13.6 Å². The number of rotatable bonds is 4. The van der Waals surface area contributed by atoms with Crippen LogP contribution in [0.3, 0.4) is 0 Å². The highest BCUT2D eigenvalue weighted by atomic mass is 19.1. The first-order valence-corrected chi connectivity index (χ1v) is 8.73. The largest absolute Gasteiger partial charge is 0.335 e. The summed E-state index contributed by atoms with van der Waals surface area (Å²) >= 11 is 0. The van der Waals surface area contributed by atoms with Crippen LogP contribution in [0.15, 0.2) is 72.8 Å². The number of amides is 1. The summed E-state index contributed by atoms with van der Waals surface area (Å²) in [4.78, 5) is 13.7. The highest BCUT2D eigenvalue weighted by Crippen LogP contribution is 2.27. The third kappa shape index (κ3) is 3.73. The highest BCUT2D eigenvalue weighted by Gasteiger charge is 2.32. The maximum atomic E-state index is 14.2. The molecule has 1 aliphatic rings. The molecule has 1 saturated heterocycles. The summed E-state index contributed by atoms with van der Waals surface area (Å²) in [5, 5.41) is 2.76. The quantitative estimate of drug-likeness (QED) is 0.750. The van der Waals surface area contributed by atoms with E-state index >= 15 is 0 Å². The van der Waals surface area contributed by atoms with Gasteiger partial charge in [0.05, 0.1) is 6.54 Å². The van der Waals surface area contributed by atoms with Crippen molar-refractivity contribution in [2.24, 2.45) is 0 Å². The molecule has 0 spiro atoms. The van der Waals surface area contributed by atoms with E-state index in [1.165, 1.54) is 12.1 Å². The lowest BCUT2D eigenvalue weighted by molar-refractivity contribution is -0.118. The molecule has 3 aromatic carbocycles. The lowest BCUT2D eigenvalue weighted by Crippen LogP contribution is -2.28. The molecule has 1 amide bonds. The van der Waals surface area contributed by atoms with Crippen LogP contribution in [0.1, 0.15) is 17.3 Å². The maximum absolute atomic E-state index is 14.2. The predicted octanol–water partition coefficient (Wildman–Crippen LogP) is 4.26. The molecule has 0 radical (unpaired) electrons. The highest BCUT2D eigenvalue weighted by molar-refractivity contribution is 5.80. The van der Waals surface area contributed by atoms with E-state index in [1.54, 1.807) is 0 Å². The molecule has 27 heavy (non-hydrogen) atoms. The first kappa shape index (κ1) is 17.4. The summed E-state index contributed by atoms with van der Waals surface area (Å²) in [5.74, 6) is -1.47. The molecule has 0 aromatic heterocycles. The zero-order chi connectivity index (χ0) is 18.8. The van der Waals surface area contributed by atoms with E-state index in [0.717, 1.165) is 22.8 Å². The van der Waals surface area contributed by atoms with Crippen molar-refractivity contribution in [2.75, 3.05) is 6.54 Å². The van der Waals surface area contributed by atoms with Crippen LogP contribution in [0.5, 0.6) is 0 Å². The standard InChI is InChI=1S/C22H18F2N2O/c23-18-10-11-19(20(24)12-18)22-25-21(27)14-26(22)13-15-6-8-17(9-7-15)16-4-2-1-3-5-16/h1-12,22H,13-14H2,(H,25,27)/t22-/m0/s1. The van der Waals surface area contributed by atoms with Gasteiger partial charge < -0.3 is 5.32 Å². The minimum Gasteiger partial charge on any atom is -0.335 e. The number of halogens is 2. The summed E-state index contributed by atoms with van der Waals surface area (Å²) < 4.78 is 27.4. The second kappa shape index (κ2) is 7.29. The molecule has 0 aliphatic carbocycles. The van der Waals surface area contributed by atoms with E-state index in [1.807, 2.05) is 59.5 Å². The minimum absolute atomic E-state index is 0.169. The zero-order valence-electron chi connectivity index (χ0n) is 14.5. The molecule has 1 heterocycles. The van der Waals surface area contributed by atoms with Crippen molar-refractivity contribution < 1.29 is 13.6 Å². The second-order valence-corrected chi connectivity index (χ2v) is 6.60. The van der Waals surface area contributed by atoms with Crippen LogP contribution in [0, 0.1) is 11.6 Å². The van der Waals surface area contributed by atoms with Crippen molar-refractivity contribution in [2.45, 2.75) is 12.7 Å². The van der Waals surface area contributed by atoms with Crippen LogP contribution in [-0.4, -0.2) is 17.4 Å². The molecule has 0 saturated carbocycles. The average Bonchev–Trinajstić information content (AvgIpc) is 3.03. The van der Waals surface area contributed by atoms with Crippen LogP contribution in [0.2, 0.25) is 0 Å². The summed E-state index contributed by atoms with van der Waals surface area (Å²) in [6.45, 7) is 0.650. The van der Waals surface area contributed by atoms with Gasteiger partial charge in [-0.05, 0) is 28.8 Å². The molecule has 1 atom stereocenters. The molecule has 3 nitrogen and oxygen atoms in total. The van der Waals surface area contributed by atoms with Gasteiger partial charge in [-0.2, -0.15) is 0 Å². The number of hydrogen-bond acceptors (Lipinski definition) is 2. The topological polar surface area (TPSA) is 32.3 Å². The molecule has 1 aliphatic heterocycles. The van der Waals surface area contributed by atoms with Crippen LogP contribution < -0.4 is 5.32 Å². The number of carbonyl (C=O) groups is 1. The second-order valence-electron chi connectivity index (χ2n) is 6.60. The van der Waals surface area contributed by atoms with Crippen molar-refractivity contribution in [1.29, 1.82) is 0 Å². The normalized spacial score (nSPS) is 17.1. The van der Waals surface area contributed by atoms with E-state index in [4.69, 9.17) is 0 Å². The maximum Gasteiger partial charge on any atom is 0.235 e. The number of hydrogen-bond donors (Lipinski definition) is 1. The van der Waals surface area contributed by atoms with Crippen molar-refractivity contribution >= 4 is 5.91 Å². The third-order valence-corrected chi connectivity index (χ3v) is 4.71. The lowest BCUT2D eigenvalue weighted by Gasteiger charge is -2.24. The Morgan fingerprint density at radius 2 is 1.63 bits per heavy atom. The molecule has 0 bridgehead atoms. The fourth-order valence-corrected chi connectivity index (χ4v) is 3.38. The predicted molar refractivity (Wildman–Crippen MR) is 99.5 cm³/mol. The Labute approximate surface area is 156 Å². The van der Waals surface area contributed by atoms with E-state index in [2.05, 4.69) is 5.32 Å². The Morgan fingerprint density at radius 1 is 0.926 bits per heavy atom. The fraction of sp³-hybridized carbons (Fsp3) is 0.136. The van der Waals surface area contributed by atoms with Gasteiger partial charge in [0.25, 0.3) is 0 Å². The smallest absolute Gasteiger partial charge is 0.235 e. The average molecular weight is 364 g/mol. The monoisotopic (exact) mass is 364 g/mol. The third-order valence-electron chi connectivity index (χ3n) is 4.71. The van der Waals surface area contributed by atoms with Crippen LogP contribution in [-0.2, 0) is 11.3 Å². The minimum atomic E-state index is -0.661. The molecule has 136 valence electrons. The molecule has 1 N–H and O–H groups in total. The van der Waals surface area contributed by atoms with Gasteiger partial charge in [-0.1, -0.05) is 54.6 Å². The number of carbonyl (C=O) groups excluding carboxylic acids is 1. The Kier molecular flexibility index (Phi) is 4.69. The number of benzene rings is 3. The Balaban J connectivity index is 1.54. The molecule has 1 fully saturated rings. The summed E-state index contributed by atoms with van der Waals surface area (Å²) in [6.07, 6.45) is -0.605. The summed E-state index contributed by atoms with van der Waals surface area (Å²) in [7, 11) is 0. The van der Waals surface area contributed by atoms with Gasteiger partial charge in [0.1, 0.15) is 17.8 Å². The zero-order valence-corrected chi connectivity index (χ0v) is 14.5. The van der Waals surface area contributed by atoms with E-state index < -0.39 is 17.8 Å². The summed E-state index contributed by atoms with van der Waals surface area (Å²) in [5.41, 5.74) is 3.52. The van der Waals surface area contributed by atoms with Crippen molar-refractivity contribution in [3.63, 3.8) is 0 Å². The Hall–Kier alpha value is -3.05. The van der Waals surface area contributed by atoms with Crippen molar-refractivity contribution in [3.05, 3.63) is 95.6 Å². The molecule has 3 aromatic rings. The molecular weight excluding hydrogens is 346 g/mol. The Bertz CT molecular complexity index is 958. The lowest BCUT2D eigenvalue weighted by atomic mass is 10.0. The van der Waals surface area contributed by atoms with Crippen LogP contribution in [0.25, 0.3) is 11.1 Å². The SMILES string of the molecule is O=C1CN(Cc2ccc(-c3ccccc3)cc2)[C@@H](c2ccc(F)cc2F)N1. The fourth-order valence-electron chi connectivity index (χ4n) is 3.38. The first-order chi connectivity index (χ1) is 13.1.